The number of hydrogen-bond acceptors (Lipinski definition) is 4. The van der Waals surface area contributed by atoms with Crippen LogP contribution in [0.5, 0.6) is 0 Å². The molecule has 2 fully saturated rings. The van der Waals surface area contributed by atoms with Crippen molar-refractivity contribution in [1.82, 2.24) is 0 Å². The summed E-state index contributed by atoms with van der Waals surface area (Å²) in [4.78, 5) is 0. The van der Waals surface area contributed by atoms with Crippen molar-refractivity contribution in [2.75, 3.05) is 10.6 Å². The Hall–Kier alpha value is -1.20. The third-order valence-corrected chi connectivity index (χ3v) is 5.29. The maximum absolute atomic E-state index is 9.92. The van der Waals surface area contributed by atoms with Crippen molar-refractivity contribution >= 4 is 24.0 Å². The molecule has 0 amide bonds. The Morgan fingerprint density at radius 3 is 1.57 bits per heavy atom. The van der Waals surface area contributed by atoms with Gasteiger partial charge in [-0.1, -0.05) is 44.6 Å². The summed E-state index contributed by atoms with van der Waals surface area (Å²) in [5.74, 6) is 0. The maximum atomic E-state index is 9.92. The third-order valence-electron chi connectivity index (χ3n) is 5.29. The molecule has 0 heterocycles. The number of nitrogens with one attached hydrogen (secondary N) is 2. The van der Waals surface area contributed by atoms with Gasteiger partial charge in [-0.05, 0) is 37.8 Å². The van der Waals surface area contributed by atoms with Crippen LogP contribution in [0.25, 0.3) is 0 Å². The topological polar surface area (TPSA) is 64.5 Å². The van der Waals surface area contributed by atoms with Crippen LogP contribution in [0.3, 0.4) is 0 Å². The number of hydrogen-bond donors (Lipinski definition) is 4. The molecule has 0 atom stereocenters. The van der Waals surface area contributed by atoms with Gasteiger partial charge in [-0.3, -0.25) is 0 Å². The molecule has 2 aliphatic rings. The predicted octanol–water partition coefficient (Wildman–Crippen LogP) is 2.86. The van der Waals surface area contributed by atoms with Crippen LogP contribution < -0.4 is 16.1 Å². The van der Waals surface area contributed by atoms with E-state index in [1.807, 2.05) is 18.2 Å². The van der Waals surface area contributed by atoms with Gasteiger partial charge in [0.25, 0.3) is 0 Å². The van der Waals surface area contributed by atoms with Crippen LogP contribution in [0.4, 0.5) is 11.4 Å². The highest BCUT2D eigenvalue weighted by atomic mass is 16.4. The van der Waals surface area contributed by atoms with Crippen LogP contribution in [-0.4, -0.2) is 29.3 Å². The normalized spacial score (nSPS) is 20.3. The summed E-state index contributed by atoms with van der Waals surface area (Å²) in [5, 5.41) is 26.9. The van der Waals surface area contributed by atoms with Gasteiger partial charge < -0.3 is 20.7 Å². The molecule has 0 bridgehead atoms. The van der Waals surface area contributed by atoms with Crippen LogP contribution in [0.1, 0.15) is 64.2 Å². The first-order valence-electron chi connectivity index (χ1n) is 9.26. The van der Waals surface area contributed by atoms with Crippen LogP contribution in [0, 0.1) is 0 Å². The van der Waals surface area contributed by atoms with Gasteiger partial charge in [0.1, 0.15) is 0 Å². The fraction of sp³-hybridized carbons (Fsp3) is 0.667. The number of anilines is 2. The molecule has 4 N–H and O–H groups in total. The molecule has 23 heavy (non-hydrogen) atoms. The zero-order valence-corrected chi connectivity index (χ0v) is 13.9. The van der Waals surface area contributed by atoms with Crippen molar-refractivity contribution in [2.45, 2.75) is 76.3 Å². The van der Waals surface area contributed by atoms with E-state index >= 15 is 0 Å². The molecule has 4 nitrogen and oxygen atoms in total. The first kappa shape index (κ1) is 16.7. The van der Waals surface area contributed by atoms with E-state index in [2.05, 4.69) is 10.6 Å². The Morgan fingerprint density at radius 1 is 0.739 bits per heavy atom. The monoisotopic (exact) mass is 316 g/mol. The Kier molecular flexibility index (Phi) is 5.84. The van der Waals surface area contributed by atoms with Gasteiger partial charge in [-0.15, -0.1) is 0 Å². The van der Waals surface area contributed by atoms with Crippen LogP contribution in [0.15, 0.2) is 18.2 Å². The van der Waals surface area contributed by atoms with E-state index in [1.54, 1.807) is 0 Å². The van der Waals surface area contributed by atoms with Crippen molar-refractivity contribution in [1.29, 1.82) is 0 Å². The quantitative estimate of drug-likeness (QED) is 0.631. The molecule has 1 aromatic rings. The predicted molar refractivity (Wildman–Crippen MR) is 97.3 cm³/mol. The van der Waals surface area contributed by atoms with E-state index in [-0.39, 0.29) is 0 Å². The van der Waals surface area contributed by atoms with E-state index in [9.17, 15) is 10.0 Å². The lowest BCUT2D eigenvalue weighted by Crippen LogP contribution is -2.38. The second-order valence-corrected chi connectivity index (χ2v) is 7.10. The summed E-state index contributed by atoms with van der Waals surface area (Å²) in [6, 6.07) is 6.84. The van der Waals surface area contributed by atoms with Crippen molar-refractivity contribution in [3.8, 4) is 0 Å². The molecular weight excluding hydrogens is 287 g/mol. The molecule has 0 spiro atoms. The van der Waals surface area contributed by atoms with E-state index in [0.29, 0.717) is 17.5 Å². The summed E-state index contributed by atoms with van der Waals surface area (Å²) < 4.78 is 0. The largest absolute Gasteiger partial charge is 0.492 e. The molecule has 5 heteroatoms. The SMILES string of the molecule is OB(O)c1c(NC2CCCCC2)cccc1NC1CCCCC1. The Bertz CT molecular complexity index is 460. The lowest BCUT2D eigenvalue weighted by molar-refractivity contribution is 0.425. The second-order valence-electron chi connectivity index (χ2n) is 7.10. The average molecular weight is 316 g/mol. The summed E-state index contributed by atoms with van der Waals surface area (Å²) in [5.41, 5.74) is 2.34. The Morgan fingerprint density at radius 2 is 1.17 bits per heavy atom. The number of benzene rings is 1. The van der Waals surface area contributed by atoms with Crippen molar-refractivity contribution in [2.24, 2.45) is 0 Å². The van der Waals surface area contributed by atoms with Gasteiger partial charge in [0.05, 0.1) is 0 Å². The fourth-order valence-electron chi connectivity index (χ4n) is 4.03. The summed E-state index contributed by atoms with van der Waals surface area (Å²) in [6.07, 6.45) is 12.3. The van der Waals surface area contributed by atoms with Gasteiger partial charge in [-0.2, -0.15) is 0 Å². The second kappa shape index (κ2) is 8.07. The molecule has 0 saturated heterocycles. The van der Waals surface area contributed by atoms with Gasteiger partial charge >= 0.3 is 7.12 Å². The minimum atomic E-state index is -1.45. The Balaban J connectivity index is 1.76. The van der Waals surface area contributed by atoms with Gasteiger partial charge in [-0.25, -0.2) is 0 Å². The average Bonchev–Trinajstić information content (AvgIpc) is 2.56. The van der Waals surface area contributed by atoms with Gasteiger partial charge in [0, 0.05) is 28.9 Å². The molecule has 126 valence electrons. The maximum Gasteiger partial charge on any atom is 0.492 e. The third kappa shape index (κ3) is 4.42. The van der Waals surface area contributed by atoms with Crippen LogP contribution in [-0.2, 0) is 0 Å². The molecule has 0 radical (unpaired) electrons. The van der Waals surface area contributed by atoms with E-state index < -0.39 is 7.12 Å². The lowest BCUT2D eigenvalue weighted by atomic mass is 9.76. The molecular formula is C18H29BN2O2. The zero-order chi connectivity index (χ0) is 16.1. The number of rotatable bonds is 5. The molecule has 3 rings (SSSR count). The molecule has 0 aromatic heterocycles. The molecule has 0 unspecified atom stereocenters. The minimum Gasteiger partial charge on any atom is -0.423 e. The fourth-order valence-corrected chi connectivity index (χ4v) is 4.03. The lowest BCUT2D eigenvalue weighted by Gasteiger charge is -2.28. The van der Waals surface area contributed by atoms with E-state index in [0.717, 1.165) is 11.4 Å². The van der Waals surface area contributed by atoms with Crippen molar-refractivity contribution in [3.63, 3.8) is 0 Å². The molecule has 0 aliphatic heterocycles. The first-order chi connectivity index (χ1) is 11.2. The molecule has 2 aliphatic carbocycles. The van der Waals surface area contributed by atoms with Crippen LogP contribution >= 0.6 is 0 Å². The standard InChI is InChI=1S/C18H29BN2O2/c22-19(23)18-16(20-14-8-3-1-4-9-14)12-7-13-17(18)21-15-10-5-2-6-11-15/h7,12-15,20-23H,1-6,8-11H2. The smallest absolute Gasteiger partial charge is 0.423 e. The van der Waals surface area contributed by atoms with Crippen molar-refractivity contribution < 1.29 is 10.0 Å². The summed E-state index contributed by atoms with van der Waals surface area (Å²) in [7, 11) is -1.45. The zero-order valence-electron chi connectivity index (χ0n) is 13.9. The van der Waals surface area contributed by atoms with Crippen molar-refractivity contribution in [3.05, 3.63) is 18.2 Å². The molecule has 2 saturated carbocycles. The first-order valence-corrected chi connectivity index (χ1v) is 9.26. The van der Waals surface area contributed by atoms with E-state index in [1.165, 1.54) is 64.2 Å². The minimum absolute atomic E-state index is 0.450. The molecule has 1 aromatic carbocycles. The Labute approximate surface area is 139 Å². The van der Waals surface area contributed by atoms with Crippen LogP contribution in [0.2, 0.25) is 0 Å². The van der Waals surface area contributed by atoms with Gasteiger partial charge in [0.2, 0.25) is 0 Å². The highest BCUT2D eigenvalue weighted by Crippen LogP contribution is 2.25. The highest BCUT2D eigenvalue weighted by molar-refractivity contribution is 6.62. The highest BCUT2D eigenvalue weighted by Gasteiger charge is 2.24. The summed E-state index contributed by atoms with van der Waals surface area (Å²) >= 11 is 0. The van der Waals surface area contributed by atoms with E-state index in [4.69, 9.17) is 0 Å². The van der Waals surface area contributed by atoms with Gasteiger partial charge in [0.15, 0.2) is 0 Å². The summed E-state index contributed by atoms with van der Waals surface area (Å²) in [6.45, 7) is 0.